The number of imide groups is 2. The molecule has 0 radical (unpaired) electrons. The molecule has 2 aromatic carbocycles. The Morgan fingerprint density at radius 3 is 1.52 bits per heavy atom. The van der Waals surface area contributed by atoms with Crippen molar-refractivity contribution in [2.75, 3.05) is 58.7 Å². The smallest absolute Gasteiger partial charge is 0.333 e. The number of H-pyrrole nitrogens is 2. The summed E-state index contributed by atoms with van der Waals surface area (Å²) in [6.07, 6.45) is 3.79. The summed E-state index contributed by atoms with van der Waals surface area (Å²) in [5, 5.41) is 0.459. The maximum atomic E-state index is 12.5. The summed E-state index contributed by atoms with van der Waals surface area (Å²) in [5.74, 6) is -3.48. The Labute approximate surface area is 454 Å². The number of nitrogens with zero attached hydrogens (tertiary/aromatic N) is 8. The highest BCUT2D eigenvalue weighted by Crippen LogP contribution is 2.24. The molecule has 2 aliphatic heterocycles. The number of carbonyl (C=O) groups is 8. The van der Waals surface area contributed by atoms with Crippen LogP contribution in [0.1, 0.15) is 73.6 Å². The van der Waals surface area contributed by atoms with Crippen LogP contribution in [0.25, 0.3) is 22.3 Å². The van der Waals surface area contributed by atoms with Crippen molar-refractivity contribution in [3.05, 3.63) is 104 Å². The molecule has 1 saturated heterocycles. The van der Waals surface area contributed by atoms with E-state index >= 15 is 0 Å². The van der Waals surface area contributed by atoms with Crippen LogP contribution in [-0.4, -0.2) is 143 Å². The van der Waals surface area contributed by atoms with Gasteiger partial charge in [0.2, 0.25) is 0 Å². The number of fused-ring (bicyclic) bond motifs is 2. The number of nitrogens with two attached hydrogens (primary N) is 3. The molecule has 6 aromatic rings. The lowest BCUT2D eigenvalue weighted by atomic mass is 10.0. The van der Waals surface area contributed by atoms with Crippen LogP contribution in [0.5, 0.6) is 12.0 Å². The number of nitrogen functional groups attached to an aromatic ring is 2. The van der Waals surface area contributed by atoms with E-state index in [-0.39, 0.29) is 135 Å². The number of aromatic nitrogens is 8. The van der Waals surface area contributed by atoms with Crippen LogP contribution in [0.3, 0.4) is 0 Å². The molecule has 3 aliphatic rings. The van der Waals surface area contributed by atoms with Gasteiger partial charge < -0.3 is 51.0 Å². The average molecular weight is 1110 g/mol. The molecule has 4 aromatic heterocycles. The molecule has 8 N–H and O–H groups in total. The van der Waals surface area contributed by atoms with Gasteiger partial charge in [0.1, 0.15) is 41.6 Å². The third kappa shape index (κ3) is 15.0. The molecule has 1 saturated carbocycles. The van der Waals surface area contributed by atoms with Gasteiger partial charge in [0.15, 0.2) is 22.9 Å². The third-order valence-electron chi connectivity index (χ3n) is 12.7. The van der Waals surface area contributed by atoms with E-state index in [1.165, 1.54) is 21.3 Å². The van der Waals surface area contributed by atoms with Crippen LogP contribution < -0.4 is 38.1 Å². The minimum absolute atomic E-state index is 0.0299. The molecular formula is C52H59N13O15. The first kappa shape index (κ1) is 58.4. The zero-order chi connectivity index (χ0) is 57.5. The summed E-state index contributed by atoms with van der Waals surface area (Å²) in [4.78, 5) is 145. The van der Waals surface area contributed by atoms with E-state index in [4.69, 9.17) is 36.1 Å². The van der Waals surface area contributed by atoms with E-state index in [1.54, 1.807) is 14.2 Å². The van der Waals surface area contributed by atoms with Crippen LogP contribution in [-0.2, 0) is 78.7 Å². The van der Waals surface area contributed by atoms with E-state index < -0.39 is 23.7 Å². The number of ether oxygens (including phenoxy) is 4. The highest BCUT2D eigenvalue weighted by molar-refractivity contribution is 6.13. The second-order valence-electron chi connectivity index (χ2n) is 18.3. The largest absolute Gasteiger partial charge is 0.461 e. The lowest BCUT2D eigenvalue weighted by molar-refractivity contribution is -0.197. The fourth-order valence-corrected chi connectivity index (χ4v) is 8.33. The number of nitrogens with one attached hydrogen (secondary N) is 2. The topological polar surface area (TPSA) is 394 Å². The van der Waals surface area contributed by atoms with Gasteiger partial charge >= 0.3 is 29.4 Å². The number of benzene rings is 2. The number of hydrogen-bond acceptors (Lipinski definition) is 22. The Morgan fingerprint density at radius 1 is 0.600 bits per heavy atom. The number of methoxy groups -OCH3 is 2. The van der Waals surface area contributed by atoms with Crippen molar-refractivity contribution < 1.29 is 62.1 Å². The van der Waals surface area contributed by atoms with Crippen LogP contribution in [0, 0.1) is 5.92 Å². The van der Waals surface area contributed by atoms with E-state index in [2.05, 4.69) is 34.7 Å². The Balaban J connectivity index is 0.000000183. The van der Waals surface area contributed by atoms with Crippen molar-refractivity contribution in [1.29, 1.82) is 0 Å². The van der Waals surface area contributed by atoms with Crippen LogP contribution >= 0.6 is 0 Å². The van der Waals surface area contributed by atoms with Gasteiger partial charge in [-0.25, -0.2) is 14.4 Å². The number of carbonyl (C=O) groups excluding carboxylic acids is 8. The fraction of sp³-hybridized carbons (Fsp3) is 0.385. The molecule has 0 unspecified atom stereocenters. The van der Waals surface area contributed by atoms with Crippen LogP contribution in [0.2, 0.25) is 0 Å². The molecule has 6 heterocycles. The number of amides is 4. The standard InChI is InChI=1S/C24H26N6O6.C16H20N6O3.C12H13NO6/c1-35-12-13-36-23-27-21(25)20-22(28-23)30(24(34)26-20)14-16-4-2-15(3-5-16)6-7-17(31)10-11-29-18(32)8-9-19(29)33;1-24-6-7-25-15-20-13(18)12-14(21-15)22(16(23)19-12)9-11-4-2-10(8-17)3-5-11;14-8-2-3-9(15)7(8)1-6-12(18)19-13-10(16)4-5-11(13)17/h2-5,8-9H,6-7,10-14H2,1H3,(H,26,34)(H2,25,27,28);2-5H,6-9,17H2,1H3,(H,19,23)(H2,18,20,21);7H,1-6H2. The second-order valence-corrected chi connectivity index (χ2v) is 18.3. The van der Waals surface area contributed by atoms with Crippen molar-refractivity contribution in [3.8, 4) is 12.0 Å². The Morgan fingerprint density at radius 2 is 1.06 bits per heavy atom. The molecular weight excluding hydrogens is 1050 g/mol. The first-order chi connectivity index (χ1) is 38.5. The molecule has 0 spiro atoms. The Bertz CT molecular complexity index is 3390. The first-order valence-electron chi connectivity index (χ1n) is 25.2. The summed E-state index contributed by atoms with van der Waals surface area (Å²) in [5.41, 5.74) is 22.0. The maximum Gasteiger partial charge on any atom is 0.333 e. The minimum Gasteiger partial charge on any atom is -0.461 e. The van der Waals surface area contributed by atoms with Crippen LogP contribution in [0.15, 0.2) is 70.3 Å². The number of aromatic amines is 2. The quantitative estimate of drug-likeness (QED) is 0.0336. The molecule has 1 aliphatic carbocycles. The summed E-state index contributed by atoms with van der Waals surface area (Å²) in [6, 6.07) is 15.4. The molecule has 2 fully saturated rings. The van der Waals surface area contributed by atoms with Crippen LogP contribution in [0.4, 0.5) is 11.6 Å². The van der Waals surface area contributed by atoms with Gasteiger partial charge in [0, 0.05) is 84.4 Å². The SMILES string of the molecule is COCCOc1nc(N)c2[nH]c(=O)n(Cc3ccc(CCC(=O)CCN4C(=O)C=CC4=O)cc3)c2n1.COCCOc1nc(N)c2[nH]c(=O)n(Cc3ccc(CN)cc3)c2n1.O=C(CCC1C(=O)CCC1=O)ON1C(=O)CCC1=O. The molecule has 80 heavy (non-hydrogen) atoms. The van der Waals surface area contributed by atoms with Gasteiger partial charge in [-0.05, 0) is 35.1 Å². The molecule has 0 atom stereocenters. The predicted octanol–water partition coefficient (Wildman–Crippen LogP) is 0.748. The molecule has 9 rings (SSSR count). The van der Waals surface area contributed by atoms with E-state index in [0.717, 1.165) is 27.2 Å². The monoisotopic (exact) mass is 1110 g/mol. The lowest BCUT2D eigenvalue weighted by Gasteiger charge is -2.13. The zero-order valence-electron chi connectivity index (χ0n) is 43.8. The predicted molar refractivity (Wildman–Crippen MR) is 282 cm³/mol. The highest BCUT2D eigenvalue weighted by atomic mass is 16.7. The van der Waals surface area contributed by atoms with E-state index in [1.807, 2.05) is 48.5 Å². The lowest BCUT2D eigenvalue weighted by Crippen LogP contribution is -2.32. The van der Waals surface area contributed by atoms with Crippen molar-refractivity contribution in [2.24, 2.45) is 11.7 Å². The maximum absolute atomic E-state index is 12.5. The highest BCUT2D eigenvalue weighted by Gasteiger charge is 2.36. The summed E-state index contributed by atoms with van der Waals surface area (Å²) in [6.45, 7) is 2.44. The number of rotatable bonds is 23. The number of aryl methyl sites for hydroxylation is 1. The summed E-state index contributed by atoms with van der Waals surface area (Å²) in [7, 11) is 3.12. The molecule has 4 amide bonds. The van der Waals surface area contributed by atoms with Crippen molar-refractivity contribution >= 4 is 80.9 Å². The summed E-state index contributed by atoms with van der Waals surface area (Å²) >= 11 is 0. The van der Waals surface area contributed by atoms with Gasteiger partial charge in [-0.3, -0.25) is 47.6 Å². The molecule has 0 bridgehead atoms. The van der Waals surface area contributed by atoms with Gasteiger partial charge in [0.05, 0.1) is 32.2 Å². The number of hydrogen-bond donors (Lipinski definition) is 5. The zero-order valence-corrected chi connectivity index (χ0v) is 43.8. The van der Waals surface area contributed by atoms with Gasteiger partial charge in [-0.1, -0.05) is 48.5 Å². The van der Waals surface area contributed by atoms with Gasteiger partial charge in [-0.15, -0.1) is 5.06 Å². The van der Waals surface area contributed by atoms with Crippen molar-refractivity contribution in [1.82, 2.24) is 49.0 Å². The minimum atomic E-state index is -0.781. The number of ketones is 3. The Kier molecular flexibility index (Phi) is 20.0. The van der Waals surface area contributed by atoms with E-state index in [0.29, 0.717) is 66.5 Å². The Hall–Kier alpha value is -9.28. The number of imidazole rings is 2. The average Bonchev–Trinajstić information content (AvgIpc) is 4.30. The fourth-order valence-electron chi connectivity index (χ4n) is 8.33. The van der Waals surface area contributed by atoms with Gasteiger partial charge in [-0.2, -0.15) is 19.9 Å². The van der Waals surface area contributed by atoms with E-state index in [9.17, 15) is 47.9 Å². The molecule has 28 heteroatoms. The van der Waals surface area contributed by atoms with Gasteiger partial charge in [0.25, 0.3) is 23.6 Å². The molecule has 28 nitrogen and oxygen atoms in total. The number of Topliss-reactive ketones (excluding diaryl/α,β-unsaturated/α-hetero) is 3. The molecule has 422 valence electrons. The number of anilines is 2. The number of hydroxylamine groups is 2. The summed E-state index contributed by atoms with van der Waals surface area (Å²) < 4.78 is 23.7. The van der Waals surface area contributed by atoms with Crippen molar-refractivity contribution in [2.45, 2.75) is 77.4 Å². The van der Waals surface area contributed by atoms with Crippen molar-refractivity contribution in [3.63, 3.8) is 0 Å². The third-order valence-corrected chi connectivity index (χ3v) is 12.7. The first-order valence-corrected chi connectivity index (χ1v) is 25.2. The second kappa shape index (κ2) is 27.3. The normalized spacial score (nSPS) is 14.3.